The van der Waals surface area contributed by atoms with E-state index >= 15 is 0 Å². The van der Waals surface area contributed by atoms with E-state index in [-0.39, 0.29) is 6.04 Å². The van der Waals surface area contributed by atoms with Gasteiger partial charge in [0.05, 0.1) is 23.2 Å². The lowest BCUT2D eigenvalue weighted by molar-refractivity contribution is -0.119. The maximum Gasteiger partial charge on any atom is 0.235 e. The van der Waals surface area contributed by atoms with E-state index in [1.807, 2.05) is 37.3 Å². The van der Waals surface area contributed by atoms with E-state index in [0.717, 1.165) is 11.3 Å². The summed E-state index contributed by atoms with van der Waals surface area (Å²) in [6.45, 7) is 5.05. The van der Waals surface area contributed by atoms with E-state index in [4.69, 9.17) is 0 Å². The highest BCUT2D eigenvalue weighted by atomic mass is 32.2. The van der Waals surface area contributed by atoms with Gasteiger partial charge in [-0.15, -0.1) is 0 Å². The summed E-state index contributed by atoms with van der Waals surface area (Å²) < 4.78 is 23.7. The van der Waals surface area contributed by atoms with E-state index in [1.165, 1.54) is 0 Å². The number of imidazole rings is 1. The van der Waals surface area contributed by atoms with E-state index in [1.54, 1.807) is 20.0 Å². The molecule has 0 saturated heterocycles. The van der Waals surface area contributed by atoms with Crippen molar-refractivity contribution in [1.82, 2.24) is 15.3 Å². The fourth-order valence-electron chi connectivity index (χ4n) is 2.23. The van der Waals surface area contributed by atoms with Crippen LogP contribution in [0.1, 0.15) is 39.1 Å². The molecule has 0 spiro atoms. The molecule has 2 N–H and O–H groups in total. The maximum absolute atomic E-state index is 12.1. The van der Waals surface area contributed by atoms with E-state index in [0.29, 0.717) is 12.2 Å². The van der Waals surface area contributed by atoms with Crippen LogP contribution in [-0.2, 0) is 14.6 Å². The smallest absolute Gasteiger partial charge is 0.235 e. The topological polar surface area (TPSA) is 91.9 Å². The summed E-state index contributed by atoms with van der Waals surface area (Å²) in [5.41, 5.74) is 1.85. The van der Waals surface area contributed by atoms with E-state index in [2.05, 4.69) is 15.3 Å². The summed E-state index contributed by atoms with van der Waals surface area (Å²) in [7, 11) is -3.41. The number of hydrogen-bond donors (Lipinski definition) is 2. The number of carbonyl (C=O) groups excluding carboxylic acids is 1. The van der Waals surface area contributed by atoms with Crippen LogP contribution in [-0.4, -0.2) is 35.3 Å². The Kier molecular flexibility index (Phi) is 5.77. The van der Waals surface area contributed by atoms with Crippen LogP contribution in [0, 0.1) is 0 Å². The third kappa shape index (κ3) is 4.44. The molecule has 0 fully saturated rings. The molecule has 0 unspecified atom stereocenters. The number of hydrogen-bond acceptors (Lipinski definition) is 4. The molecular formula is C17H23N3O3S. The molecule has 1 atom stereocenters. The van der Waals surface area contributed by atoms with Gasteiger partial charge in [-0.25, -0.2) is 13.4 Å². The molecular weight excluding hydrogens is 326 g/mol. The van der Waals surface area contributed by atoms with Crippen molar-refractivity contribution in [2.75, 3.05) is 5.75 Å². The minimum Gasteiger partial charge on any atom is -0.345 e. The number of rotatable bonds is 7. The van der Waals surface area contributed by atoms with Crippen molar-refractivity contribution in [2.24, 2.45) is 0 Å². The van der Waals surface area contributed by atoms with Gasteiger partial charge in [-0.2, -0.15) is 0 Å². The zero-order valence-electron chi connectivity index (χ0n) is 14.1. The molecule has 2 aromatic rings. The maximum atomic E-state index is 12.1. The van der Waals surface area contributed by atoms with Crippen molar-refractivity contribution in [3.05, 3.63) is 42.4 Å². The largest absolute Gasteiger partial charge is 0.345 e. The number of aromatic amines is 1. The predicted octanol–water partition coefficient (Wildman–Crippen LogP) is 2.47. The van der Waals surface area contributed by atoms with Gasteiger partial charge in [-0.1, -0.05) is 37.3 Å². The molecule has 0 saturated carbocycles. The van der Waals surface area contributed by atoms with Gasteiger partial charge in [0.2, 0.25) is 5.91 Å². The second-order valence-electron chi connectivity index (χ2n) is 5.93. The van der Waals surface area contributed by atoms with Crippen molar-refractivity contribution >= 4 is 15.7 Å². The Bertz CT molecular complexity index is 782. The first-order valence-corrected chi connectivity index (χ1v) is 9.66. The molecule has 24 heavy (non-hydrogen) atoms. The summed E-state index contributed by atoms with van der Waals surface area (Å²) in [6.07, 6.45) is 2.32. The van der Waals surface area contributed by atoms with Gasteiger partial charge in [-0.3, -0.25) is 4.79 Å². The van der Waals surface area contributed by atoms with Crippen LogP contribution < -0.4 is 5.32 Å². The number of nitrogens with one attached hydrogen (secondary N) is 2. The lowest BCUT2D eigenvalue weighted by Crippen LogP contribution is -2.35. The zero-order valence-corrected chi connectivity index (χ0v) is 14.9. The fourth-order valence-corrected chi connectivity index (χ4v) is 3.01. The van der Waals surface area contributed by atoms with E-state index in [9.17, 15) is 13.2 Å². The van der Waals surface area contributed by atoms with Crippen LogP contribution in [0.2, 0.25) is 0 Å². The second-order valence-corrected chi connectivity index (χ2v) is 8.49. The van der Waals surface area contributed by atoms with Crippen molar-refractivity contribution in [1.29, 1.82) is 0 Å². The Hall–Kier alpha value is -2.15. The number of aromatic nitrogens is 2. The summed E-state index contributed by atoms with van der Waals surface area (Å²) in [5, 5.41) is 2.17. The quantitative estimate of drug-likeness (QED) is 0.803. The molecule has 7 heteroatoms. The fraction of sp³-hybridized carbons (Fsp3) is 0.412. The van der Waals surface area contributed by atoms with Gasteiger partial charge in [-0.05, 0) is 25.8 Å². The molecule has 0 aliphatic rings. The lowest BCUT2D eigenvalue weighted by atomic mass is 10.2. The van der Waals surface area contributed by atoms with Gasteiger partial charge in [0.25, 0.3) is 0 Å². The SMILES string of the molecule is CC[C@@H](NC(=O)CS(=O)(=O)C(C)C)c1ncc(-c2ccccc2)[nH]1. The van der Waals surface area contributed by atoms with Crippen molar-refractivity contribution in [3.63, 3.8) is 0 Å². The monoisotopic (exact) mass is 349 g/mol. The van der Waals surface area contributed by atoms with Crippen molar-refractivity contribution < 1.29 is 13.2 Å². The standard InChI is InChI=1S/C17H23N3O3S/c1-4-14(19-16(21)11-24(22,23)12(2)3)17-18-10-15(20-17)13-8-6-5-7-9-13/h5-10,12,14H,4,11H2,1-3H3,(H,18,20)(H,19,21)/t14-/m1/s1. The van der Waals surface area contributed by atoms with Gasteiger partial charge in [0, 0.05) is 0 Å². The minimum absolute atomic E-state index is 0.350. The minimum atomic E-state index is -3.41. The summed E-state index contributed by atoms with van der Waals surface area (Å²) in [4.78, 5) is 19.6. The van der Waals surface area contributed by atoms with Crippen LogP contribution >= 0.6 is 0 Å². The first-order valence-electron chi connectivity index (χ1n) is 7.94. The molecule has 1 heterocycles. The van der Waals surface area contributed by atoms with Crippen LogP contribution in [0.4, 0.5) is 0 Å². The summed E-state index contributed by atoms with van der Waals surface area (Å²) in [6, 6.07) is 9.39. The molecule has 0 bridgehead atoms. The Morgan fingerprint density at radius 2 is 1.92 bits per heavy atom. The number of carbonyl (C=O) groups is 1. The Morgan fingerprint density at radius 3 is 2.50 bits per heavy atom. The average Bonchev–Trinajstić information content (AvgIpc) is 3.02. The Labute approximate surface area is 142 Å². The number of benzene rings is 1. The highest BCUT2D eigenvalue weighted by molar-refractivity contribution is 7.92. The highest BCUT2D eigenvalue weighted by Gasteiger charge is 2.23. The van der Waals surface area contributed by atoms with Crippen LogP contribution in [0.3, 0.4) is 0 Å². The highest BCUT2D eigenvalue weighted by Crippen LogP contribution is 2.20. The first kappa shape index (κ1) is 18.2. The number of H-pyrrole nitrogens is 1. The van der Waals surface area contributed by atoms with Crippen molar-refractivity contribution in [2.45, 2.75) is 38.5 Å². The average molecular weight is 349 g/mol. The number of nitrogens with zero attached hydrogens (tertiary/aromatic N) is 1. The third-order valence-electron chi connectivity index (χ3n) is 3.80. The molecule has 0 radical (unpaired) electrons. The van der Waals surface area contributed by atoms with Gasteiger partial charge in [0.1, 0.15) is 11.6 Å². The molecule has 1 aromatic carbocycles. The molecule has 0 aliphatic heterocycles. The lowest BCUT2D eigenvalue weighted by Gasteiger charge is -2.15. The van der Waals surface area contributed by atoms with Gasteiger partial charge in [0.15, 0.2) is 9.84 Å². The van der Waals surface area contributed by atoms with E-state index < -0.39 is 26.7 Å². The van der Waals surface area contributed by atoms with Crippen LogP contribution in [0.5, 0.6) is 0 Å². The number of sulfone groups is 1. The first-order chi connectivity index (χ1) is 11.3. The third-order valence-corrected chi connectivity index (χ3v) is 5.91. The zero-order chi connectivity index (χ0) is 17.7. The second kappa shape index (κ2) is 7.61. The summed E-state index contributed by atoms with van der Waals surface area (Å²) in [5.74, 6) is -0.396. The normalized spacial score (nSPS) is 13.0. The molecule has 1 amide bonds. The Morgan fingerprint density at radius 1 is 1.25 bits per heavy atom. The van der Waals surface area contributed by atoms with Crippen LogP contribution in [0.15, 0.2) is 36.5 Å². The number of amides is 1. The molecule has 1 aromatic heterocycles. The summed E-state index contributed by atoms with van der Waals surface area (Å²) >= 11 is 0. The molecule has 2 rings (SSSR count). The van der Waals surface area contributed by atoms with Gasteiger partial charge < -0.3 is 10.3 Å². The predicted molar refractivity (Wildman–Crippen MR) is 94.1 cm³/mol. The van der Waals surface area contributed by atoms with Crippen molar-refractivity contribution in [3.8, 4) is 11.3 Å². The Balaban J connectivity index is 2.10. The molecule has 130 valence electrons. The molecule has 6 nitrogen and oxygen atoms in total. The molecule has 0 aliphatic carbocycles. The van der Waals surface area contributed by atoms with Gasteiger partial charge >= 0.3 is 0 Å². The van der Waals surface area contributed by atoms with Crippen LogP contribution in [0.25, 0.3) is 11.3 Å².